The molecule has 2 aliphatic carbocycles. The van der Waals surface area contributed by atoms with E-state index in [1.165, 1.54) is 17.1 Å². The Balaban J connectivity index is 1.59. The number of hydrogen-bond donors (Lipinski definition) is 0. The summed E-state index contributed by atoms with van der Waals surface area (Å²) >= 11 is 1.57. The van der Waals surface area contributed by atoms with Crippen LogP contribution in [0.5, 0.6) is 0 Å². The standard InChI is InChI=1S/C28H35FN2O4SSi/c1-7-34-27(33)19-15-31(16-11-12-16)26-18(25(19)32)13-20(29)24(30-26)23-14-17-21(9-8-10-22(17)36-23)35-37(5,6)28(2,3)4/h13-16,21H,7-12H2,1-6H3. The van der Waals surface area contributed by atoms with Gasteiger partial charge in [0.15, 0.2) is 14.1 Å². The van der Waals surface area contributed by atoms with E-state index in [9.17, 15) is 9.59 Å². The number of aryl methyl sites for hydroxylation is 1. The number of aromatic nitrogens is 2. The lowest BCUT2D eigenvalue weighted by Gasteiger charge is -2.40. The van der Waals surface area contributed by atoms with E-state index in [4.69, 9.17) is 14.1 Å². The molecule has 2 aliphatic rings. The molecule has 1 fully saturated rings. The molecule has 0 N–H and O–H groups in total. The highest BCUT2D eigenvalue weighted by Crippen LogP contribution is 2.46. The van der Waals surface area contributed by atoms with E-state index in [2.05, 4.69) is 33.9 Å². The van der Waals surface area contributed by atoms with E-state index in [0.29, 0.717) is 5.65 Å². The highest BCUT2D eigenvalue weighted by Gasteiger charge is 2.40. The zero-order chi connectivity index (χ0) is 26.7. The molecule has 0 bridgehead atoms. The van der Waals surface area contributed by atoms with E-state index >= 15 is 4.39 Å². The predicted octanol–water partition coefficient (Wildman–Crippen LogP) is 7.17. The van der Waals surface area contributed by atoms with Crippen LogP contribution >= 0.6 is 11.3 Å². The van der Waals surface area contributed by atoms with Crippen LogP contribution in [0.1, 0.15) is 86.3 Å². The second kappa shape index (κ2) is 9.43. The van der Waals surface area contributed by atoms with Gasteiger partial charge in [-0.2, -0.15) is 0 Å². The van der Waals surface area contributed by atoms with Crippen molar-refractivity contribution in [3.05, 3.63) is 50.4 Å². The van der Waals surface area contributed by atoms with E-state index < -0.39 is 25.5 Å². The van der Waals surface area contributed by atoms with Crippen LogP contribution in [0.2, 0.25) is 18.1 Å². The van der Waals surface area contributed by atoms with E-state index in [1.807, 2.05) is 10.6 Å². The van der Waals surface area contributed by atoms with E-state index in [1.54, 1.807) is 18.3 Å². The third kappa shape index (κ3) is 4.81. The van der Waals surface area contributed by atoms with Gasteiger partial charge in [-0.05, 0) is 74.9 Å². The molecule has 0 saturated heterocycles. The van der Waals surface area contributed by atoms with Crippen LogP contribution < -0.4 is 5.43 Å². The second-order valence-corrected chi connectivity index (χ2v) is 17.6. The van der Waals surface area contributed by atoms with Crippen LogP contribution in [0.4, 0.5) is 4.39 Å². The van der Waals surface area contributed by atoms with Gasteiger partial charge in [-0.15, -0.1) is 11.3 Å². The summed E-state index contributed by atoms with van der Waals surface area (Å²) in [5.74, 6) is -1.25. The number of fused-ring (bicyclic) bond motifs is 2. The minimum absolute atomic E-state index is 0.00920. The number of ether oxygens (including phenoxy) is 1. The Bertz CT molecular complexity index is 1430. The summed E-state index contributed by atoms with van der Waals surface area (Å²) in [7, 11) is -1.98. The zero-order valence-corrected chi connectivity index (χ0v) is 24.3. The van der Waals surface area contributed by atoms with Crippen LogP contribution in [0, 0.1) is 5.82 Å². The average Bonchev–Trinajstić information content (AvgIpc) is 3.56. The largest absolute Gasteiger partial charge is 0.462 e. The van der Waals surface area contributed by atoms with Crippen molar-refractivity contribution in [3.63, 3.8) is 0 Å². The maximum atomic E-state index is 15.6. The highest BCUT2D eigenvalue weighted by atomic mass is 32.1. The molecule has 1 unspecified atom stereocenters. The summed E-state index contributed by atoms with van der Waals surface area (Å²) in [5, 5.41) is 0.212. The van der Waals surface area contributed by atoms with Crippen molar-refractivity contribution >= 4 is 36.7 Å². The summed E-state index contributed by atoms with van der Waals surface area (Å²) in [4.78, 5) is 32.2. The number of thiophene rings is 1. The van der Waals surface area contributed by atoms with Gasteiger partial charge in [0.25, 0.3) is 0 Å². The molecule has 9 heteroatoms. The quantitative estimate of drug-likeness (QED) is 0.244. The molecule has 5 rings (SSSR count). The third-order valence-electron chi connectivity index (χ3n) is 7.93. The van der Waals surface area contributed by atoms with Crippen molar-refractivity contribution < 1.29 is 18.3 Å². The number of nitrogens with zero attached hydrogens (tertiary/aromatic N) is 2. The van der Waals surface area contributed by atoms with Crippen LogP contribution in [-0.4, -0.2) is 30.4 Å². The number of hydrogen-bond acceptors (Lipinski definition) is 6. The van der Waals surface area contributed by atoms with Gasteiger partial charge in [-0.3, -0.25) is 4.79 Å². The minimum atomic E-state index is -1.98. The van der Waals surface area contributed by atoms with Crippen molar-refractivity contribution in [3.8, 4) is 10.6 Å². The fourth-order valence-electron chi connectivity index (χ4n) is 4.69. The lowest BCUT2D eigenvalue weighted by atomic mass is 9.96. The molecule has 198 valence electrons. The van der Waals surface area contributed by atoms with Crippen molar-refractivity contribution in [2.45, 2.75) is 90.1 Å². The summed E-state index contributed by atoms with van der Waals surface area (Å²) in [6.45, 7) is 13.1. The smallest absolute Gasteiger partial charge is 0.343 e. The van der Waals surface area contributed by atoms with E-state index in [-0.39, 0.29) is 40.4 Å². The zero-order valence-electron chi connectivity index (χ0n) is 22.4. The van der Waals surface area contributed by atoms with Crippen LogP contribution in [0.25, 0.3) is 21.6 Å². The molecule has 1 saturated carbocycles. The van der Waals surface area contributed by atoms with Crippen molar-refractivity contribution in [1.29, 1.82) is 0 Å². The van der Waals surface area contributed by atoms with Gasteiger partial charge >= 0.3 is 5.97 Å². The predicted molar refractivity (Wildman–Crippen MR) is 147 cm³/mol. The molecule has 6 nitrogen and oxygen atoms in total. The number of esters is 1. The summed E-state index contributed by atoms with van der Waals surface area (Å²) < 4.78 is 29.3. The van der Waals surface area contributed by atoms with Crippen molar-refractivity contribution in [2.24, 2.45) is 0 Å². The first-order chi connectivity index (χ1) is 17.4. The Labute approximate surface area is 222 Å². The second-order valence-electron chi connectivity index (χ2n) is 11.7. The topological polar surface area (TPSA) is 70.4 Å². The Hall–Kier alpha value is -2.36. The molecule has 37 heavy (non-hydrogen) atoms. The fourth-order valence-corrected chi connectivity index (χ4v) is 7.25. The molecule has 0 amide bonds. The molecule has 3 aromatic rings. The lowest BCUT2D eigenvalue weighted by molar-refractivity contribution is 0.0524. The summed E-state index contributed by atoms with van der Waals surface area (Å²) in [6.07, 6.45) is 6.34. The fraction of sp³-hybridized carbons (Fsp3) is 0.536. The number of halogens is 1. The molecule has 0 aromatic carbocycles. The van der Waals surface area contributed by atoms with Crippen LogP contribution in [-0.2, 0) is 15.6 Å². The van der Waals surface area contributed by atoms with Gasteiger partial charge in [0.2, 0.25) is 5.43 Å². The average molecular weight is 543 g/mol. The molecule has 0 spiro atoms. The molecule has 0 aliphatic heterocycles. The third-order valence-corrected chi connectivity index (χ3v) is 13.6. The Morgan fingerprint density at radius 3 is 2.62 bits per heavy atom. The van der Waals surface area contributed by atoms with Gasteiger partial charge in [0.1, 0.15) is 16.9 Å². The number of pyridine rings is 2. The maximum Gasteiger partial charge on any atom is 0.343 e. The Morgan fingerprint density at radius 2 is 1.97 bits per heavy atom. The van der Waals surface area contributed by atoms with Gasteiger partial charge < -0.3 is 13.7 Å². The molecule has 1 atom stereocenters. The number of rotatable bonds is 6. The van der Waals surface area contributed by atoms with Gasteiger partial charge in [0, 0.05) is 17.1 Å². The van der Waals surface area contributed by atoms with Gasteiger partial charge in [-0.1, -0.05) is 20.8 Å². The Kier molecular flexibility index (Phi) is 6.69. The first kappa shape index (κ1) is 26.3. The monoisotopic (exact) mass is 542 g/mol. The van der Waals surface area contributed by atoms with Crippen molar-refractivity contribution in [2.75, 3.05) is 6.61 Å². The Morgan fingerprint density at radius 1 is 1.24 bits per heavy atom. The summed E-state index contributed by atoms with van der Waals surface area (Å²) in [6, 6.07) is 3.42. The first-order valence-electron chi connectivity index (χ1n) is 13.1. The number of carbonyl (C=O) groups excluding carboxylic acids is 1. The normalized spacial score (nSPS) is 18.2. The SMILES string of the molecule is CCOC(=O)c1cn(C2CC2)c2nc(-c3cc4c(s3)CCCC4O[Si](C)(C)C(C)(C)C)c(F)cc2c1=O. The molecular formula is C28H35FN2O4SSi. The first-order valence-corrected chi connectivity index (χ1v) is 16.9. The number of carbonyl (C=O) groups is 1. The van der Waals surface area contributed by atoms with Gasteiger partial charge in [0.05, 0.1) is 23.0 Å². The molecular weight excluding hydrogens is 507 g/mol. The minimum Gasteiger partial charge on any atom is -0.462 e. The maximum absolute atomic E-state index is 15.6. The molecule has 3 heterocycles. The van der Waals surface area contributed by atoms with E-state index in [0.717, 1.165) is 42.5 Å². The lowest BCUT2D eigenvalue weighted by Crippen LogP contribution is -2.42. The molecule has 0 radical (unpaired) electrons. The van der Waals surface area contributed by atoms with Crippen LogP contribution in [0.3, 0.4) is 0 Å². The van der Waals surface area contributed by atoms with Crippen molar-refractivity contribution in [1.82, 2.24) is 9.55 Å². The highest BCUT2D eigenvalue weighted by molar-refractivity contribution is 7.15. The summed E-state index contributed by atoms with van der Waals surface area (Å²) in [5.41, 5.74) is 1.19. The van der Waals surface area contributed by atoms with Gasteiger partial charge in [-0.25, -0.2) is 14.2 Å². The molecule has 3 aromatic heterocycles. The van der Waals surface area contributed by atoms with Crippen LogP contribution in [0.15, 0.2) is 23.1 Å².